The first kappa shape index (κ1) is 29.6. The highest BCUT2D eigenvalue weighted by Crippen LogP contribution is 2.29. The molecule has 8 heteroatoms. The Kier molecular flexibility index (Phi) is 8.85. The Bertz CT molecular complexity index is 1620. The van der Waals surface area contributed by atoms with Crippen LogP contribution in [0.1, 0.15) is 47.8 Å². The lowest BCUT2D eigenvalue weighted by Crippen LogP contribution is -2.31. The van der Waals surface area contributed by atoms with E-state index in [1.807, 2.05) is 73.3 Å². The number of rotatable bonds is 7. The van der Waals surface area contributed by atoms with Gasteiger partial charge in [0.25, 0.3) is 11.5 Å². The minimum atomic E-state index is -0.213. The Hall–Kier alpha value is -3.88. The van der Waals surface area contributed by atoms with E-state index in [-0.39, 0.29) is 22.7 Å². The lowest BCUT2D eigenvalue weighted by Gasteiger charge is -2.26. The van der Waals surface area contributed by atoms with Gasteiger partial charge in [0.05, 0.1) is 5.69 Å². The predicted molar refractivity (Wildman–Crippen MR) is 175 cm³/mol. The van der Waals surface area contributed by atoms with Gasteiger partial charge in [-0.3, -0.25) is 14.5 Å². The number of anilines is 3. The summed E-state index contributed by atoms with van der Waals surface area (Å²) >= 11 is 2.01. The molecule has 1 aliphatic rings. The van der Waals surface area contributed by atoms with Crippen molar-refractivity contribution in [2.24, 2.45) is 7.05 Å². The van der Waals surface area contributed by atoms with Gasteiger partial charge in [-0.2, -0.15) is 11.8 Å². The molecule has 0 radical (unpaired) electrons. The predicted octanol–water partition coefficient (Wildman–Crippen LogP) is 6.60. The molecule has 1 saturated heterocycles. The number of hydrogen-bond acceptors (Lipinski definition) is 6. The fourth-order valence-corrected chi connectivity index (χ4v) is 6.01. The Morgan fingerprint density at radius 1 is 0.976 bits per heavy atom. The van der Waals surface area contributed by atoms with E-state index in [4.69, 9.17) is 4.98 Å². The first-order valence-electron chi connectivity index (χ1n) is 14.3. The molecule has 0 spiro atoms. The molecule has 0 aliphatic carbocycles. The van der Waals surface area contributed by atoms with Crippen LogP contribution in [0.4, 0.5) is 17.2 Å². The Morgan fingerprint density at radius 3 is 2.33 bits per heavy atom. The van der Waals surface area contributed by atoms with Gasteiger partial charge in [-0.05, 0) is 59.4 Å². The van der Waals surface area contributed by atoms with Gasteiger partial charge in [0.2, 0.25) is 0 Å². The van der Waals surface area contributed by atoms with Crippen molar-refractivity contribution in [1.29, 1.82) is 0 Å². The van der Waals surface area contributed by atoms with Crippen LogP contribution in [0, 0.1) is 6.92 Å². The maximum absolute atomic E-state index is 13.1. The molecule has 218 valence electrons. The van der Waals surface area contributed by atoms with Crippen LogP contribution in [0.2, 0.25) is 0 Å². The number of nitrogens with zero attached hydrogens (tertiary/aromatic N) is 3. The molecule has 0 bridgehead atoms. The lowest BCUT2D eigenvalue weighted by atomic mass is 9.86. The largest absolute Gasteiger partial charge is 0.336 e. The second-order valence-corrected chi connectivity index (χ2v) is 13.1. The molecule has 0 atom stereocenters. The van der Waals surface area contributed by atoms with Gasteiger partial charge in [0, 0.05) is 66.9 Å². The van der Waals surface area contributed by atoms with Crippen molar-refractivity contribution in [3.63, 3.8) is 0 Å². The maximum atomic E-state index is 13.1. The fourth-order valence-electron chi connectivity index (χ4n) is 5.03. The number of nitrogens with one attached hydrogen (secondary N) is 2. The second kappa shape index (κ2) is 12.5. The minimum Gasteiger partial charge on any atom is -0.336 e. The van der Waals surface area contributed by atoms with Crippen LogP contribution in [0.15, 0.2) is 77.7 Å². The number of hydrogen-bond donors (Lipinski definition) is 2. The van der Waals surface area contributed by atoms with Crippen LogP contribution in [-0.2, 0) is 19.0 Å². The molecule has 42 heavy (non-hydrogen) atoms. The van der Waals surface area contributed by atoms with E-state index >= 15 is 0 Å². The van der Waals surface area contributed by atoms with Gasteiger partial charge in [-0.15, -0.1) is 0 Å². The molecule has 1 aliphatic heterocycles. The SMILES string of the molecule is Cc1c(NC(=O)c2ccc(C(C)(C)C)cc2)cccc1-c1cn(C)c(=O)c(Nc2ccc(CN3CCSCC3)cc2)n1. The van der Waals surface area contributed by atoms with Crippen molar-refractivity contribution >= 4 is 34.9 Å². The summed E-state index contributed by atoms with van der Waals surface area (Å²) in [6.45, 7) is 11.6. The first-order valence-corrected chi connectivity index (χ1v) is 15.5. The molecule has 5 rings (SSSR count). The van der Waals surface area contributed by atoms with Crippen molar-refractivity contribution in [1.82, 2.24) is 14.5 Å². The summed E-state index contributed by atoms with van der Waals surface area (Å²) < 4.78 is 1.54. The number of carbonyl (C=O) groups excluding carboxylic acids is 1. The number of amides is 1. The Morgan fingerprint density at radius 2 is 1.67 bits per heavy atom. The molecule has 1 fully saturated rings. The van der Waals surface area contributed by atoms with E-state index in [1.54, 1.807) is 13.2 Å². The van der Waals surface area contributed by atoms with Crippen molar-refractivity contribution in [2.45, 2.75) is 39.7 Å². The van der Waals surface area contributed by atoms with Crippen LogP contribution >= 0.6 is 11.8 Å². The van der Waals surface area contributed by atoms with Crippen LogP contribution < -0.4 is 16.2 Å². The van der Waals surface area contributed by atoms with Gasteiger partial charge >= 0.3 is 0 Å². The number of aryl methyl sites for hydroxylation is 1. The van der Waals surface area contributed by atoms with Gasteiger partial charge in [0.1, 0.15) is 0 Å². The fraction of sp³-hybridized carbons (Fsp3) is 0.324. The van der Waals surface area contributed by atoms with Gasteiger partial charge in [-0.1, -0.05) is 57.2 Å². The zero-order valence-corrected chi connectivity index (χ0v) is 25.8. The lowest BCUT2D eigenvalue weighted by molar-refractivity contribution is 0.102. The molecule has 7 nitrogen and oxygen atoms in total. The molecule has 2 N–H and O–H groups in total. The number of thioether (sulfide) groups is 1. The van der Waals surface area contributed by atoms with Gasteiger partial charge in [-0.25, -0.2) is 4.98 Å². The van der Waals surface area contributed by atoms with Crippen molar-refractivity contribution in [3.8, 4) is 11.3 Å². The molecule has 2 heterocycles. The third-order valence-electron chi connectivity index (χ3n) is 7.67. The highest BCUT2D eigenvalue weighted by molar-refractivity contribution is 7.99. The maximum Gasteiger partial charge on any atom is 0.293 e. The molecular weight excluding hydrogens is 542 g/mol. The standard InChI is InChI=1S/C34H39N5O2S/c1-23-28(7-6-8-29(23)37-32(40)25-11-13-26(14-12-25)34(2,3)4)30-22-38(5)33(41)31(36-30)35-27-15-9-24(10-16-27)21-39-17-19-42-20-18-39/h6-16,22H,17-21H2,1-5H3,(H,35,36)(H,37,40). The summed E-state index contributed by atoms with van der Waals surface area (Å²) in [4.78, 5) is 33.3. The van der Waals surface area contributed by atoms with Crippen molar-refractivity contribution < 1.29 is 4.79 Å². The topological polar surface area (TPSA) is 79.3 Å². The minimum absolute atomic E-state index is 0.0199. The average Bonchev–Trinajstić information content (AvgIpc) is 2.97. The van der Waals surface area contributed by atoms with E-state index < -0.39 is 0 Å². The van der Waals surface area contributed by atoms with E-state index in [1.165, 1.54) is 27.2 Å². The molecule has 1 amide bonds. The van der Waals surface area contributed by atoms with E-state index in [2.05, 4.69) is 48.4 Å². The zero-order chi connectivity index (χ0) is 29.9. The highest BCUT2D eigenvalue weighted by Gasteiger charge is 2.17. The molecule has 1 aromatic heterocycles. The summed E-state index contributed by atoms with van der Waals surface area (Å²) in [6.07, 6.45) is 1.73. The average molecular weight is 582 g/mol. The second-order valence-electron chi connectivity index (χ2n) is 11.9. The first-order chi connectivity index (χ1) is 20.1. The summed E-state index contributed by atoms with van der Waals surface area (Å²) in [5.41, 5.74) is 6.69. The zero-order valence-electron chi connectivity index (χ0n) is 25.0. The highest BCUT2D eigenvalue weighted by atomic mass is 32.2. The van der Waals surface area contributed by atoms with Gasteiger partial charge < -0.3 is 15.2 Å². The Labute approximate surface area is 252 Å². The van der Waals surface area contributed by atoms with Crippen LogP contribution in [0.25, 0.3) is 11.3 Å². The van der Waals surface area contributed by atoms with Crippen molar-refractivity contribution in [3.05, 3.63) is 106 Å². The number of carbonyl (C=O) groups is 1. The van der Waals surface area contributed by atoms with Crippen molar-refractivity contribution in [2.75, 3.05) is 35.2 Å². The smallest absolute Gasteiger partial charge is 0.293 e. The third kappa shape index (κ3) is 6.94. The summed E-state index contributed by atoms with van der Waals surface area (Å²) in [6, 6.07) is 21.7. The van der Waals surface area contributed by atoms with E-state index in [0.29, 0.717) is 16.9 Å². The third-order valence-corrected chi connectivity index (χ3v) is 8.61. The summed E-state index contributed by atoms with van der Waals surface area (Å²) in [5.74, 6) is 2.45. The summed E-state index contributed by atoms with van der Waals surface area (Å²) in [5, 5.41) is 6.28. The molecule has 4 aromatic rings. The Balaban J connectivity index is 1.34. The molecular formula is C34H39N5O2S. The number of aromatic nitrogens is 2. The van der Waals surface area contributed by atoms with Crippen LogP contribution in [0.3, 0.4) is 0 Å². The molecule has 3 aromatic carbocycles. The van der Waals surface area contributed by atoms with Crippen LogP contribution in [-0.4, -0.2) is 45.0 Å². The number of benzene rings is 3. The molecule has 0 saturated carbocycles. The van der Waals surface area contributed by atoms with E-state index in [9.17, 15) is 9.59 Å². The van der Waals surface area contributed by atoms with Gasteiger partial charge in [0.15, 0.2) is 5.82 Å². The quantitative estimate of drug-likeness (QED) is 0.256. The normalized spacial score (nSPS) is 14.0. The monoisotopic (exact) mass is 581 g/mol. The molecule has 0 unspecified atom stereocenters. The van der Waals surface area contributed by atoms with E-state index in [0.717, 1.165) is 36.4 Å². The summed E-state index contributed by atoms with van der Waals surface area (Å²) in [7, 11) is 1.72. The van der Waals surface area contributed by atoms with Crippen LogP contribution in [0.5, 0.6) is 0 Å².